The van der Waals surface area contributed by atoms with E-state index in [0.29, 0.717) is 12.6 Å². The number of nitrogens with zero attached hydrogens (tertiary/aromatic N) is 2. The Morgan fingerprint density at radius 3 is 2.46 bits per heavy atom. The number of aliphatic hydroxyl groups is 1. The Hall–Kier alpha value is -0.970. The van der Waals surface area contributed by atoms with Gasteiger partial charge in [-0.1, -0.05) is 0 Å². The number of hydrogen-bond acceptors (Lipinski definition) is 2. The first-order chi connectivity index (χ1) is 5.82. The summed E-state index contributed by atoms with van der Waals surface area (Å²) in [6.45, 7) is 2.27. The third-order valence-electron chi connectivity index (χ3n) is 1.83. The van der Waals surface area contributed by atoms with Crippen molar-refractivity contribution in [3.8, 4) is 0 Å². The van der Waals surface area contributed by atoms with Crippen LogP contribution in [0.25, 0.3) is 0 Å². The quantitative estimate of drug-likeness (QED) is 0.765. The summed E-state index contributed by atoms with van der Waals surface area (Å²) in [6, 6.07) is 0. The summed E-state index contributed by atoms with van der Waals surface area (Å²) in [5.74, 6) is -3.13. The molecule has 0 aromatic carbocycles. The number of aromatic nitrogens is 2. The minimum absolute atomic E-state index is 0.176. The van der Waals surface area contributed by atoms with Crippen LogP contribution in [0.3, 0.4) is 0 Å². The van der Waals surface area contributed by atoms with Gasteiger partial charge in [-0.15, -0.1) is 0 Å². The van der Waals surface area contributed by atoms with Crippen LogP contribution in [0.1, 0.15) is 24.3 Å². The lowest BCUT2D eigenvalue weighted by molar-refractivity contribution is -0.0956. The monoisotopic (exact) mass is 190 g/mol. The highest BCUT2D eigenvalue weighted by Crippen LogP contribution is 2.31. The fourth-order valence-electron chi connectivity index (χ4n) is 1.16. The summed E-state index contributed by atoms with van der Waals surface area (Å²) in [7, 11) is 1.62. The van der Waals surface area contributed by atoms with Crippen molar-refractivity contribution in [3.63, 3.8) is 0 Å². The van der Waals surface area contributed by atoms with Crippen molar-refractivity contribution in [1.82, 2.24) is 9.78 Å². The first kappa shape index (κ1) is 10.1. The van der Waals surface area contributed by atoms with Gasteiger partial charge in [0, 0.05) is 25.7 Å². The van der Waals surface area contributed by atoms with Gasteiger partial charge in [0.25, 0.3) is 5.92 Å². The standard InChI is InChI=1S/C8H12F2N2O/c1-5-6(4-12(3)11-5)7(13)8(2,9)10/h4,7,13H,1-3H3. The van der Waals surface area contributed by atoms with E-state index in [9.17, 15) is 13.9 Å². The Morgan fingerprint density at radius 1 is 1.62 bits per heavy atom. The summed E-state index contributed by atoms with van der Waals surface area (Å²) in [6.07, 6.45) is -0.376. The fraction of sp³-hybridized carbons (Fsp3) is 0.625. The van der Waals surface area contributed by atoms with Gasteiger partial charge in [0.1, 0.15) is 6.10 Å². The Morgan fingerprint density at radius 2 is 2.15 bits per heavy atom. The molecule has 1 N–H and O–H groups in total. The Balaban J connectivity index is 3.01. The zero-order chi connectivity index (χ0) is 10.2. The third kappa shape index (κ3) is 2.03. The third-order valence-corrected chi connectivity index (χ3v) is 1.83. The van der Waals surface area contributed by atoms with E-state index in [4.69, 9.17) is 0 Å². The van der Waals surface area contributed by atoms with Gasteiger partial charge in [0.2, 0.25) is 0 Å². The van der Waals surface area contributed by atoms with Crippen LogP contribution in [0.15, 0.2) is 6.20 Å². The molecule has 0 bridgehead atoms. The van der Waals surface area contributed by atoms with Crippen molar-refractivity contribution in [1.29, 1.82) is 0 Å². The molecule has 1 unspecified atom stereocenters. The van der Waals surface area contributed by atoms with Crippen LogP contribution in [0.2, 0.25) is 0 Å². The van der Waals surface area contributed by atoms with Gasteiger partial charge in [0.05, 0.1) is 5.69 Å². The van der Waals surface area contributed by atoms with Crippen LogP contribution >= 0.6 is 0 Å². The number of aliphatic hydroxyl groups excluding tert-OH is 1. The molecule has 0 radical (unpaired) electrons. The van der Waals surface area contributed by atoms with Crippen LogP contribution in [-0.4, -0.2) is 20.8 Å². The molecule has 0 aliphatic rings. The van der Waals surface area contributed by atoms with Gasteiger partial charge in [-0.2, -0.15) is 5.10 Å². The highest BCUT2D eigenvalue weighted by atomic mass is 19.3. The van der Waals surface area contributed by atoms with E-state index in [0.717, 1.165) is 0 Å². The molecule has 13 heavy (non-hydrogen) atoms. The maximum atomic E-state index is 12.7. The smallest absolute Gasteiger partial charge is 0.274 e. The molecule has 1 heterocycles. The summed E-state index contributed by atoms with van der Waals surface area (Å²) in [5, 5.41) is 13.1. The van der Waals surface area contributed by atoms with Crippen molar-refractivity contribution < 1.29 is 13.9 Å². The number of hydrogen-bond donors (Lipinski definition) is 1. The van der Waals surface area contributed by atoms with Gasteiger partial charge in [-0.3, -0.25) is 4.68 Å². The minimum atomic E-state index is -3.13. The molecule has 1 rings (SSSR count). The first-order valence-corrected chi connectivity index (χ1v) is 3.88. The van der Waals surface area contributed by atoms with Crippen molar-refractivity contribution in [2.45, 2.75) is 25.9 Å². The molecule has 3 nitrogen and oxygen atoms in total. The van der Waals surface area contributed by atoms with E-state index in [1.54, 1.807) is 14.0 Å². The minimum Gasteiger partial charge on any atom is -0.382 e. The molecular weight excluding hydrogens is 178 g/mol. The maximum absolute atomic E-state index is 12.7. The number of aryl methyl sites for hydroxylation is 2. The normalized spacial score (nSPS) is 14.6. The SMILES string of the molecule is Cc1nn(C)cc1C(O)C(C)(F)F. The van der Waals surface area contributed by atoms with Gasteiger partial charge >= 0.3 is 0 Å². The van der Waals surface area contributed by atoms with Crippen molar-refractivity contribution in [2.24, 2.45) is 7.05 Å². The van der Waals surface area contributed by atoms with Crippen molar-refractivity contribution in [3.05, 3.63) is 17.5 Å². The molecule has 0 saturated heterocycles. The van der Waals surface area contributed by atoms with Crippen molar-refractivity contribution in [2.75, 3.05) is 0 Å². The van der Waals surface area contributed by atoms with Crippen LogP contribution in [0, 0.1) is 6.92 Å². The molecule has 0 fully saturated rings. The predicted octanol–water partition coefficient (Wildman–Crippen LogP) is 1.42. The molecular formula is C8H12F2N2O. The van der Waals surface area contributed by atoms with Gasteiger partial charge in [-0.05, 0) is 6.92 Å². The molecule has 5 heteroatoms. The summed E-state index contributed by atoms with van der Waals surface area (Å²) in [4.78, 5) is 0. The maximum Gasteiger partial charge on any atom is 0.274 e. The summed E-state index contributed by atoms with van der Waals surface area (Å²) in [5.41, 5.74) is 0.603. The van der Waals surface area contributed by atoms with E-state index in [2.05, 4.69) is 5.10 Å². The van der Waals surface area contributed by atoms with Gasteiger partial charge in [-0.25, -0.2) is 8.78 Å². The van der Waals surface area contributed by atoms with Gasteiger partial charge in [0.15, 0.2) is 0 Å². The summed E-state index contributed by atoms with van der Waals surface area (Å²) < 4.78 is 26.8. The largest absolute Gasteiger partial charge is 0.382 e. The van der Waals surface area contributed by atoms with E-state index in [1.165, 1.54) is 10.9 Å². The predicted molar refractivity (Wildman–Crippen MR) is 43.5 cm³/mol. The zero-order valence-corrected chi connectivity index (χ0v) is 7.75. The first-order valence-electron chi connectivity index (χ1n) is 3.88. The van der Waals surface area contributed by atoms with Crippen LogP contribution in [0.4, 0.5) is 8.78 Å². The average Bonchev–Trinajstić information content (AvgIpc) is 2.26. The van der Waals surface area contributed by atoms with Crippen molar-refractivity contribution >= 4 is 0 Å². The van der Waals surface area contributed by atoms with E-state index < -0.39 is 12.0 Å². The molecule has 0 aliphatic carbocycles. The van der Waals surface area contributed by atoms with Crippen LogP contribution in [0.5, 0.6) is 0 Å². The lowest BCUT2D eigenvalue weighted by atomic mass is 10.1. The second kappa shape index (κ2) is 3.06. The average molecular weight is 190 g/mol. The Bertz CT molecular complexity index is 304. The fourth-order valence-corrected chi connectivity index (χ4v) is 1.16. The zero-order valence-electron chi connectivity index (χ0n) is 7.75. The Labute approximate surface area is 75.0 Å². The topological polar surface area (TPSA) is 38.0 Å². The second-order valence-corrected chi connectivity index (χ2v) is 3.20. The highest BCUT2D eigenvalue weighted by molar-refractivity contribution is 5.20. The molecule has 1 aromatic heterocycles. The van der Waals surface area contributed by atoms with E-state index in [1.807, 2.05) is 0 Å². The summed E-state index contributed by atoms with van der Waals surface area (Å²) >= 11 is 0. The number of alkyl halides is 2. The molecule has 74 valence electrons. The number of rotatable bonds is 2. The molecule has 0 amide bonds. The van der Waals surface area contributed by atoms with E-state index >= 15 is 0 Å². The second-order valence-electron chi connectivity index (χ2n) is 3.20. The number of halogens is 2. The molecule has 1 atom stereocenters. The molecule has 0 spiro atoms. The highest BCUT2D eigenvalue weighted by Gasteiger charge is 2.35. The Kier molecular flexibility index (Phi) is 2.38. The van der Waals surface area contributed by atoms with E-state index in [-0.39, 0.29) is 5.56 Å². The van der Waals surface area contributed by atoms with Crippen LogP contribution in [-0.2, 0) is 7.05 Å². The molecule has 0 aliphatic heterocycles. The lowest BCUT2D eigenvalue weighted by Gasteiger charge is -2.17. The molecule has 1 aromatic rings. The lowest BCUT2D eigenvalue weighted by Crippen LogP contribution is -2.22. The van der Waals surface area contributed by atoms with Gasteiger partial charge < -0.3 is 5.11 Å². The van der Waals surface area contributed by atoms with Crippen LogP contribution < -0.4 is 0 Å². The molecule has 0 saturated carbocycles.